The van der Waals surface area contributed by atoms with Crippen LogP contribution in [-0.4, -0.2) is 90.7 Å². The van der Waals surface area contributed by atoms with E-state index in [1.54, 1.807) is 4.90 Å². The van der Waals surface area contributed by atoms with Gasteiger partial charge in [0.05, 0.1) is 11.4 Å². The van der Waals surface area contributed by atoms with E-state index in [9.17, 15) is 9.59 Å². The minimum absolute atomic E-state index is 0.209. The number of carbonyl (C=O) groups excluding carboxylic acids is 2. The number of piperazine rings is 1. The number of H-pyrrole nitrogens is 1. The summed E-state index contributed by atoms with van der Waals surface area (Å²) in [7, 11) is 0. The Balaban J connectivity index is 0.778. The first-order valence-electron chi connectivity index (χ1n) is 18.3. The highest BCUT2D eigenvalue weighted by Gasteiger charge is 2.40. The minimum atomic E-state index is -0.338. The fourth-order valence-corrected chi connectivity index (χ4v) is 8.84. The van der Waals surface area contributed by atoms with Crippen LogP contribution >= 0.6 is 0 Å². The van der Waals surface area contributed by atoms with Gasteiger partial charge in [-0.3, -0.25) is 19.9 Å². The van der Waals surface area contributed by atoms with E-state index in [2.05, 4.69) is 77.8 Å². The van der Waals surface area contributed by atoms with Crippen LogP contribution in [0.25, 0.3) is 22.8 Å². The van der Waals surface area contributed by atoms with Crippen LogP contribution in [0.15, 0.2) is 66.9 Å². The van der Waals surface area contributed by atoms with E-state index in [1.807, 2.05) is 24.4 Å². The molecule has 3 saturated heterocycles. The first kappa shape index (κ1) is 31.3. The number of amides is 3. The van der Waals surface area contributed by atoms with E-state index in [0.29, 0.717) is 18.9 Å². The zero-order valence-corrected chi connectivity index (χ0v) is 28.5. The van der Waals surface area contributed by atoms with E-state index in [-0.39, 0.29) is 17.4 Å². The van der Waals surface area contributed by atoms with E-state index in [4.69, 9.17) is 4.98 Å². The summed E-state index contributed by atoms with van der Waals surface area (Å²) in [6.07, 6.45) is 7.35. The predicted molar refractivity (Wildman–Crippen MR) is 195 cm³/mol. The summed E-state index contributed by atoms with van der Waals surface area (Å²) in [6.45, 7) is 9.68. The van der Waals surface area contributed by atoms with Gasteiger partial charge in [-0.2, -0.15) is 0 Å². The summed E-state index contributed by atoms with van der Waals surface area (Å²) in [4.78, 5) is 46.4. The van der Waals surface area contributed by atoms with Gasteiger partial charge in [-0.05, 0) is 73.0 Å². The second-order valence-corrected chi connectivity index (χ2v) is 14.8. The molecule has 11 heteroatoms. The Labute approximate surface area is 293 Å². The van der Waals surface area contributed by atoms with Gasteiger partial charge >= 0.3 is 6.03 Å². The van der Waals surface area contributed by atoms with E-state index >= 15 is 0 Å². The molecule has 4 aromatic rings. The fourth-order valence-electron chi connectivity index (χ4n) is 8.84. The third kappa shape index (κ3) is 5.92. The van der Waals surface area contributed by atoms with Gasteiger partial charge in [-0.25, -0.2) is 14.8 Å². The van der Waals surface area contributed by atoms with Gasteiger partial charge in [-0.15, -0.1) is 0 Å². The smallest absolute Gasteiger partial charge is 0.328 e. The molecular formula is C39H45N9O2. The number of benzene rings is 2. The Morgan fingerprint density at radius 3 is 2.44 bits per heavy atom. The summed E-state index contributed by atoms with van der Waals surface area (Å²) >= 11 is 0. The third-order valence-corrected chi connectivity index (χ3v) is 11.6. The normalized spacial score (nSPS) is 21.0. The Morgan fingerprint density at radius 2 is 1.64 bits per heavy atom. The van der Waals surface area contributed by atoms with Crippen LogP contribution in [0.5, 0.6) is 0 Å². The van der Waals surface area contributed by atoms with Crippen molar-refractivity contribution in [3.05, 3.63) is 78.1 Å². The summed E-state index contributed by atoms with van der Waals surface area (Å²) < 4.78 is 0. The van der Waals surface area contributed by atoms with Crippen molar-refractivity contribution >= 4 is 29.0 Å². The van der Waals surface area contributed by atoms with Crippen LogP contribution < -0.4 is 25.3 Å². The maximum atomic E-state index is 12.3. The lowest BCUT2D eigenvalue weighted by atomic mass is 9.79. The molecule has 3 N–H and O–H groups in total. The maximum absolute atomic E-state index is 12.3. The molecule has 50 heavy (non-hydrogen) atoms. The lowest BCUT2D eigenvalue weighted by Gasteiger charge is -2.45. The number of anilines is 3. The van der Waals surface area contributed by atoms with Gasteiger partial charge < -0.3 is 20.1 Å². The van der Waals surface area contributed by atoms with Gasteiger partial charge in [0, 0.05) is 118 Å². The topological polar surface area (TPSA) is 113 Å². The average Bonchev–Trinajstić information content (AvgIpc) is 3.79. The zero-order valence-electron chi connectivity index (χ0n) is 28.5. The van der Waals surface area contributed by atoms with Crippen molar-refractivity contribution in [1.29, 1.82) is 0 Å². The standard InChI is InChI=1S/C39H45N9O2/c49-35-11-15-48(38(50)44-35)32-5-3-4-31(21-32)47-24-27(25-47)23-45-16-18-46(19-17-45)30-8-6-28(7-9-30)37-41-14-10-33(43-37)34-20-29-22-40-26-39(36(29)42-34)12-1-2-13-39/h3-10,14,20-21,27,40,42H,1-2,11-13,15-19,22-26H2,(H,44,49,50). The molecule has 0 radical (unpaired) electrons. The molecule has 0 unspecified atom stereocenters. The molecule has 2 aromatic heterocycles. The number of fused-ring (bicyclic) bond motifs is 2. The van der Waals surface area contributed by atoms with Crippen LogP contribution in [0.1, 0.15) is 43.4 Å². The molecule has 258 valence electrons. The van der Waals surface area contributed by atoms with Gasteiger partial charge in [0.1, 0.15) is 0 Å². The number of hydrogen-bond donors (Lipinski definition) is 3. The van der Waals surface area contributed by atoms with Crippen LogP contribution in [0.2, 0.25) is 0 Å². The Kier molecular flexibility index (Phi) is 8.04. The second-order valence-electron chi connectivity index (χ2n) is 14.8. The number of aromatic nitrogens is 3. The Hall–Kier alpha value is -4.74. The van der Waals surface area contributed by atoms with Crippen molar-refractivity contribution in [2.75, 3.05) is 73.6 Å². The number of hydrogen-bond acceptors (Lipinski definition) is 8. The van der Waals surface area contributed by atoms with Crippen molar-refractivity contribution in [2.24, 2.45) is 5.92 Å². The molecule has 0 bridgehead atoms. The SMILES string of the molecule is O=C1CCN(c2cccc(N3CC(CN4CCN(c5ccc(-c6nccc(-c7cc8c([nH]7)C7(CCCC7)CNC8)n6)cc5)CC4)C3)c2)C(=O)N1. The van der Waals surface area contributed by atoms with Crippen molar-refractivity contribution < 1.29 is 9.59 Å². The minimum Gasteiger partial charge on any atom is -0.371 e. The number of carbonyl (C=O) groups is 2. The number of urea groups is 1. The molecule has 11 nitrogen and oxygen atoms in total. The number of nitrogens with zero attached hydrogens (tertiary/aromatic N) is 6. The first-order chi connectivity index (χ1) is 24.5. The molecule has 2 aromatic carbocycles. The van der Waals surface area contributed by atoms with Crippen LogP contribution in [0.4, 0.5) is 21.9 Å². The molecule has 3 amide bonds. The van der Waals surface area contributed by atoms with Crippen molar-refractivity contribution in [1.82, 2.24) is 30.5 Å². The largest absolute Gasteiger partial charge is 0.371 e. The maximum Gasteiger partial charge on any atom is 0.328 e. The van der Waals surface area contributed by atoms with Crippen molar-refractivity contribution in [3.63, 3.8) is 0 Å². The Morgan fingerprint density at radius 1 is 0.840 bits per heavy atom. The Bertz CT molecular complexity index is 1890. The summed E-state index contributed by atoms with van der Waals surface area (Å²) in [5.41, 5.74) is 9.37. The number of rotatable bonds is 7. The predicted octanol–water partition coefficient (Wildman–Crippen LogP) is 4.76. The molecule has 9 rings (SSSR count). The first-order valence-corrected chi connectivity index (χ1v) is 18.3. The molecule has 1 spiro atoms. The van der Waals surface area contributed by atoms with E-state index in [0.717, 1.165) is 93.1 Å². The van der Waals surface area contributed by atoms with Crippen LogP contribution in [0.3, 0.4) is 0 Å². The number of imide groups is 1. The van der Waals surface area contributed by atoms with Gasteiger partial charge in [0.15, 0.2) is 5.82 Å². The molecule has 4 aliphatic heterocycles. The van der Waals surface area contributed by atoms with E-state index in [1.165, 1.54) is 42.6 Å². The second kappa shape index (κ2) is 12.9. The molecule has 5 aliphatic rings. The average molecular weight is 672 g/mol. The van der Waals surface area contributed by atoms with Crippen molar-refractivity contribution in [2.45, 2.75) is 44.1 Å². The van der Waals surface area contributed by atoms with Crippen LogP contribution in [0, 0.1) is 5.92 Å². The molecule has 0 atom stereocenters. The lowest BCUT2D eigenvalue weighted by Crippen LogP contribution is -2.55. The summed E-state index contributed by atoms with van der Waals surface area (Å²) in [6, 6.07) is 20.8. The van der Waals surface area contributed by atoms with E-state index < -0.39 is 0 Å². The fraction of sp³-hybridized carbons (Fsp3) is 0.436. The molecular weight excluding hydrogens is 626 g/mol. The molecule has 1 aliphatic carbocycles. The quantitative estimate of drug-likeness (QED) is 0.258. The van der Waals surface area contributed by atoms with Crippen molar-refractivity contribution in [3.8, 4) is 22.8 Å². The molecule has 4 fully saturated rings. The molecule has 6 heterocycles. The highest BCUT2D eigenvalue weighted by Crippen LogP contribution is 2.44. The zero-order chi connectivity index (χ0) is 33.7. The summed E-state index contributed by atoms with van der Waals surface area (Å²) in [5, 5.41) is 6.08. The lowest BCUT2D eigenvalue weighted by molar-refractivity contribution is -0.120. The molecule has 1 saturated carbocycles. The van der Waals surface area contributed by atoms with Gasteiger partial charge in [-0.1, -0.05) is 18.9 Å². The number of aromatic amines is 1. The van der Waals surface area contributed by atoms with Gasteiger partial charge in [0.25, 0.3) is 0 Å². The number of nitrogens with one attached hydrogen (secondary N) is 3. The highest BCUT2D eigenvalue weighted by atomic mass is 16.2. The monoisotopic (exact) mass is 671 g/mol. The highest BCUT2D eigenvalue weighted by molar-refractivity contribution is 6.05. The third-order valence-electron chi connectivity index (χ3n) is 11.6. The van der Waals surface area contributed by atoms with Gasteiger partial charge in [0.2, 0.25) is 5.91 Å². The summed E-state index contributed by atoms with van der Waals surface area (Å²) in [5.74, 6) is 1.18. The van der Waals surface area contributed by atoms with Crippen LogP contribution in [-0.2, 0) is 16.8 Å².